The van der Waals surface area contributed by atoms with Crippen molar-refractivity contribution in [1.29, 1.82) is 0 Å². The van der Waals surface area contributed by atoms with E-state index < -0.39 is 0 Å². The second-order valence-electron chi connectivity index (χ2n) is 11.1. The third-order valence-electron chi connectivity index (χ3n) is 8.18. The number of rotatable bonds is 7. The number of fused-ring (bicyclic) bond motifs is 2. The molecular weight excluding hydrogens is 548 g/mol. The smallest absolute Gasteiger partial charge is 0.254 e. The van der Waals surface area contributed by atoms with Crippen molar-refractivity contribution in [3.63, 3.8) is 0 Å². The number of anilines is 2. The molecule has 1 saturated carbocycles. The summed E-state index contributed by atoms with van der Waals surface area (Å²) in [6, 6.07) is 9.44. The molecule has 0 unspecified atom stereocenters. The number of oxazole rings is 1. The minimum Gasteiger partial charge on any atom is -0.495 e. The largest absolute Gasteiger partial charge is 0.495 e. The summed E-state index contributed by atoms with van der Waals surface area (Å²) in [7, 11) is 1.58. The Morgan fingerprint density at radius 3 is 2.67 bits per heavy atom. The van der Waals surface area contributed by atoms with Gasteiger partial charge < -0.3 is 33.8 Å². The van der Waals surface area contributed by atoms with Gasteiger partial charge in [0, 0.05) is 37.3 Å². The third kappa shape index (κ3) is 5.25. The van der Waals surface area contributed by atoms with Gasteiger partial charge in [-0.25, -0.2) is 4.98 Å². The molecule has 3 aromatic heterocycles. The summed E-state index contributed by atoms with van der Waals surface area (Å²) in [5, 5.41) is 4.11. The molecule has 7 rings (SSSR count). The highest BCUT2D eigenvalue weighted by atomic mass is 16.5. The highest BCUT2D eigenvalue weighted by Crippen LogP contribution is 2.39. The van der Waals surface area contributed by atoms with E-state index in [-0.39, 0.29) is 12.0 Å². The summed E-state index contributed by atoms with van der Waals surface area (Å²) in [6.07, 6.45) is 6.27. The molecule has 222 valence electrons. The first-order chi connectivity index (χ1) is 21.0. The zero-order chi connectivity index (χ0) is 29.5. The fraction of sp³-hybridized carbons (Fsp3) is 0.375. The monoisotopic (exact) mass is 582 g/mol. The van der Waals surface area contributed by atoms with E-state index in [9.17, 15) is 4.79 Å². The third-order valence-corrected chi connectivity index (χ3v) is 8.18. The predicted molar refractivity (Wildman–Crippen MR) is 162 cm³/mol. The van der Waals surface area contributed by atoms with E-state index in [0.29, 0.717) is 66.7 Å². The molecule has 5 aromatic rings. The number of aryl methyl sites for hydroxylation is 2. The molecule has 1 aliphatic carbocycles. The average molecular weight is 583 g/mol. The number of aromatic amines is 1. The number of carbonyl (C=O) groups is 1. The van der Waals surface area contributed by atoms with Gasteiger partial charge in [-0.3, -0.25) is 4.79 Å². The van der Waals surface area contributed by atoms with Crippen LogP contribution in [0.3, 0.4) is 0 Å². The van der Waals surface area contributed by atoms with Crippen LogP contribution in [0, 0.1) is 13.8 Å². The van der Waals surface area contributed by atoms with Crippen LogP contribution in [0.4, 0.5) is 11.6 Å². The number of methoxy groups -OCH3 is 1. The van der Waals surface area contributed by atoms with Crippen LogP contribution in [0.25, 0.3) is 33.3 Å². The fourth-order valence-corrected chi connectivity index (χ4v) is 5.99. The molecular formula is C32H34N6O5. The molecule has 43 heavy (non-hydrogen) atoms. The van der Waals surface area contributed by atoms with Gasteiger partial charge >= 0.3 is 0 Å². The van der Waals surface area contributed by atoms with Crippen LogP contribution >= 0.6 is 0 Å². The number of benzene rings is 2. The van der Waals surface area contributed by atoms with Gasteiger partial charge in [0.1, 0.15) is 23.0 Å². The van der Waals surface area contributed by atoms with Crippen LogP contribution in [-0.4, -0.2) is 70.3 Å². The van der Waals surface area contributed by atoms with Crippen LogP contribution in [-0.2, 0) is 4.74 Å². The van der Waals surface area contributed by atoms with Crippen LogP contribution in [0.2, 0.25) is 0 Å². The standard InChI is InChI=1S/C32H34N6O5/c1-18-14-21(16-26-28(18)34-19(2)42-26)23-17-33-29-27(23)30(43-22-6-4-5-7-22)37-32(36-29)35-24-9-8-20(15-25(24)40-3)31(39)38-10-12-41-13-11-38/h8-9,14-17,22H,4-7,10-13H2,1-3H3,(H2,33,35,36,37). The number of nitrogens with one attached hydrogen (secondary N) is 2. The van der Waals surface area contributed by atoms with Crippen LogP contribution in [0.5, 0.6) is 11.6 Å². The average Bonchev–Trinajstić information content (AvgIpc) is 3.77. The quantitative estimate of drug-likeness (QED) is 0.240. The van der Waals surface area contributed by atoms with Crippen molar-refractivity contribution in [2.24, 2.45) is 0 Å². The van der Waals surface area contributed by atoms with Gasteiger partial charge in [-0.2, -0.15) is 9.97 Å². The SMILES string of the molecule is COc1cc(C(=O)N2CCOCC2)ccc1Nc1nc(OC2CCCC2)c2c(-c3cc(C)c4nc(C)oc4c3)c[nH]c2n1. The Labute approximate surface area is 248 Å². The van der Waals surface area contributed by atoms with Gasteiger partial charge in [0.2, 0.25) is 11.8 Å². The first kappa shape index (κ1) is 27.2. The highest BCUT2D eigenvalue weighted by molar-refractivity contribution is 6.00. The molecule has 2 aliphatic rings. The number of ether oxygens (including phenoxy) is 3. The second kappa shape index (κ2) is 11.2. The van der Waals surface area contributed by atoms with E-state index >= 15 is 0 Å². The lowest BCUT2D eigenvalue weighted by Gasteiger charge is -2.27. The Hall–Kier alpha value is -4.64. The number of H-pyrrole nitrogens is 1. The summed E-state index contributed by atoms with van der Waals surface area (Å²) in [5.41, 5.74) is 6.35. The van der Waals surface area contributed by atoms with Crippen LogP contribution < -0.4 is 14.8 Å². The lowest BCUT2D eigenvalue weighted by molar-refractivity contribution is 0.0302. The Morgan fingerprint density at radius 2 is 1.88 bits per heavy atom. The topological polar surface area (TPSA) is 128 Å². The van der Waals surface area contributed by atoms with Crippen molar-refractivity contribution in [3.05, 3.63) is 53.5 Å². The lowest BCUT2D eigenvalue weighted by atomic mass is 10.0. The molecule has 2 N–H and O–H groups in total. The minimum absolute atomic E-state index is 0.0501. The molecule has 2 aromatic carbocycles. The molecule has 2 fully saturated rings. The predicted octanol–water partition coefficient (Wildman–Crippen LogP) is 5.93. The summed E-state index contributed by atoms with van der Waals surface area (Å²) in [4.78, 5) is 32.4. The molecule has 0 spiro atoms. The van der Waals surface area contributed by atoms with Crippen molar-refractivity contribution in [2.45, 2.75) is 45.6 Å². The number of nitrogens with zero attached hydrogens (tertiary/aromatic N) is 4. The fourth-order valence-electron chi connectivity index (χ4n) is 5.99. The van der Waals surface area contributed by atoms with Gasteiger partial charge in [-0.1, -0.05) is 0 Å². The summed E-state index contributed by atoms with van der Waals surface area (Å²) in [6.45, 7) is 6.12. The van der Waals surface area contributed by atoms with Gasteiger partial charge in [0.05, 0.1) is 31.4 Å². The lowest BCUT2D eigenvalue weighted by Crippen LogP contribution is -2.40. The highest BCUT2D eigenvalue weighted by Gasteiger charge is 2.24. The van der Waals surface area contributed by atoms with E-state index in [2.05, 4.69) is 21.4 Å². The molecule has 11 nitrogen and oxygen atoms in total. The second-order valence-corrected chi connectivity index (χ2v) is 11.1. The summed E-state index contributed by atoms with van der Waals surface area (Å²) >= 11 is 0. The van der Waals surface area contributed by atoms with Crippen molar-refractivity contribution < 1.29 is 23.4 Å². The Morgan fingerprint density at radius 1 is 1.07 bits per heavy atom. The van der Waals surface area contributed by atoms with Crippen molar-refractivity contribution in [3.8, 4) is 22.8 Å². The maximum atomic E-state index is 13.0. The first-order valence-electron chi connectivity index (χ1n) is 14.7. The molecule has 1 amide bonds. The zero-order valence-corrected chi connectivity index (χ0v) is 24.5. The summed E-state index contributed by atoms with van der Waals surface area (Å²) in [5.74, 6) is 1.97. The molecule has 1 saturated heterocycles. The molecule has 1 aliphatic heterocycles. The summed E-state index contributed by atoms with van der Waals surface area (Å²) < 4.78 is 23.5. The first-order valence-corrected chi connectivity index (χ1v) is 14.7. The number of hydrogen-bond donors (Lipinski definition) is 2. The van der Waals surface area contributed by atoms with Crippen molar-refractivity contribution in [2.75, 3.05) is 38.7 Å². The number of hydrogen-bond acceptors (Lipinski definition) is 9. The minimum atomic E-state index is -0.0501. The van der Waals surface area contributed by atoms with E-state index in [1.165, 1.54) is 0 Å². The number of morpholine rings is 1. The van der Waals surface area contributed by atoms with E-state index in [4.69, 9.17) is 28.6 Å². The molecule has 0 radical (unpaired) electrons. The Balaban J connectivity index is 1.25. The van der Waals surface area contributed by atoms with E-state index in [1.54, 1.807) is 24.1 Å². The van der Waals surface area contributed by atoms with Crippen LogP contribution in [0.15, 0.2) is 40.9 Å². The van der Waals surface area contributed by atoms with Crippen LogP contribution in [0.1, 0.15) is 47.5 Å². The molecule has 4 heterocycles. The number of aromatic nitrogens is 4. The maximum absolute atomic E-state index is 13.0. The zero-order valence-electron chi connectivity index (χ0n) is 24.5. The van der Waals surface area contributed by atoms with Gasteiger partial charge in [-0.15, -0.1) is 0 Å². The number of carbonyl (C=O) groups excluding carboxylic acids is 1. The Bertz CT molecular complexity index is 1820. The Kier molecular flexibility index (Phi) is 7.10. The van der Waals surface area contributed by atoms with Gasteiger partial charge in [-0.05, 0) is 74.1 Å². The maximum Gasteiger partial charge on any atom is 0.254 e. The van der Waals surface area contributed by atoms with Gasteiger partial charge in [0.15, 0.2) is 11.5 Å². The normalized spacial score (nSPS) is 15.8. The van der Waals surface area contributed by atoms with E-state index in [0.717, 1.165) is 58.9 Å². The van der Waals surface area contributed by atoms with Gasteiger partial charge in [0.25, 0.3) is 5.91 Å². The number of amides is 1. The molecule has 11 heteroatoms. The molecule has 0 atom stereocenters. The molecule has 0 bridgehead atoms. The van der Waals surface area contributed by atoms with E-state index in [1.807, 2.05) is 32.2 Å². The van der Waals surface area contributed by atoms with Crippen molar-refractivity contribution >= 4 is 39.7 Å². The van der Waals surface area contributed by atoms with Crippen molar-refractivity contribution in [1.82, 2.24) is 24.8 Å².